The zero-order valence-electron chi connectivity index (χ0n) is 11.5. The summed E-state index contributed by atoms with van der Waals surface area (Å²) in [4.78, 5) is 7.25. The molecule has 1 saturated carbocycles. The number of hydrogen-bond acceptors (Lipinski definition) is 2. The zero-order valence-corrected chi connectivity index (χ0v) is 11.5. The quantitative estimate of drug-likeness (QED) is 0.818. The summed E-state index contributed by atoms with van der Waals surface area (Å²) in [6, 6.07) is 0.842. The van der Waals surface area contributed by atoms with E-state index >= 15 is 0 Å². The Morgan fingerprint density at radius 1 is 1.22 bits per heavy atom. The first-order chi connectivity index (χ1) is 8.88. The molecule has 2 atom stereocenters. The molecule has 0 aromatic carbocycles. The summed E-state index contributed by atoms with van der Waals surface area (Å²) in [6.45, 7) is 5.57. The van der Waals surface area contributed by atoms with E-state index in [1.165, 1.54) is 50.9 Å². The Labute approximate surface area is 110 Å². The Balaban J connectivity index is 1.71. The fourth-order valence-electron chi connectivity index (χ4n) is 3.89. The van der Waals surface area contributed by atoms with Gasteiger partial charge in [-0.3, -0.25) is 4.90 Å². The molecule has 0 bridgehead atoms. The molecule has 3 heteroatoms. The number of imidazole rings is 1. The molecule has 3 rings (SSSR count). The molecule has 0 unspecified atom stereocenters. The van der Waals surface area contributed by atoms with Crippen LogP contribution in [0, 0.1) is 5.92 Å². The molecule has 1 saturated heterocycles. The van der Waals surface area contributed by atoms with Crippen LogP contribution in [0.4, 0.5) is 0 Å². The Hall–Kier alpha value is -0.830. The predicted octanol–water partition coefficient (Wildman–Crippen LogP) is 3.06. The predicted molar refractivity (Wildman–Crippen MR) is 73.3 cm³/mol. The lowest BCUT2D eigenvalue weighted by molar-refractivity contribution is 0.0519. The topological polar surface area (TPSA) is 21.1 Å². The highest BCUT2D eigenvalue weighted by Crippen LogP contribution is 2.35. The second-order valence-electron chi connectivity index (χ2n) is 5.85. The Morgan fingerprint density at radius 3 is 2.94 bits per heavy atom. The van der Waals surface area contributed by atoms with Crippen molar-refractivity contribution in [1.29, 1.82) is 0 Å². The number of likely N-dealkylation sites (tertiary alicyclic amines) is 1. The van der Waals surface area contributed by atoms with Gasteiger partial charge in [-0.15, -0.1) is 0 Å². The van der Waals surface area contributed by atoms with Crippen LogP contribution in [-0.4, -0.2) is 27.0 Å². The normalized spacial score (nSPS) is 29.2. The van der Waals surface area contributed by atoms with Crippen LogP contribution in [0.2, 0.25) is 0 Å². The first-order valence-corrected chi connectivity index (χ1v) is 7.62. The van der Waals surface area contributed by atoms with Crippen LogP contribution in [0.3, 0.4) is 0 Å². The monoisotopic (exact) mass is 247 g/mol. The van der Waals surface area contributed by atoms with E-state index in [2.05, 4.69) is 27.6 Å². The molecular formula is C15H25N3. The van der Waals surface area contributed by atoms with Crippen molar-refractivity contribution in [2.75, 3.05) is 6.54 Å². The van der Waals surface area contributed by atoms with Crippen molar-refractivity contribution in [2.24, 2.45) is 5.92 Å². The Bertz CT molecular complexity index is 383. The van der Waals surface area contributed by atoms with Crippen LogP contribution in [0.25, 0.3) is 0 Å². The molecule has 0 radical (unpaired) electrons. The smallest absolute Gasteiger partial charge is 0.122 e. The number of aryl methyl sites for hydroxylation is 1. The average molecular weight is 247 g/mol. The van der Waals surface area contributed by atoms with Crippen LogP contribution in [0.1, 0.15) is 51.3 Å². The highest BCUT2D eigenvalue weighted by Gasteiger charge is 2.33. The van der Waals surface area contributed by atoms with E-state index < -0.39 is 0 Å². The maximum absolute atomic E-state index is 4.54. The molecule has 1 aromatic rings. The first-order valence-electron chi connectivity index (χ1n) is 7.62. The van der Waals surface area contributed by atoms with Gasteiger partial charge in [0.25, 0.3) is 0 Å². The van der Waals surface area contributed by atoms with Gasteiger partial charge in [0.05, 0.1) is 6.54 Å². The molecule has 2 aliphatic rings. The maximum Gasteiger partial charge on any atom is 0.122 e. The van der Waals surface area contributed by atoms with Crippen molar-refractivity contribution in [3.05, 3.63) is 18.2 Å². The number of hydrogen-bond donors (Lipinski definition) is 0. The molecule has 100 valence electrons. The van der Waals surface area contributed by atoms with Gasteiger partial charge < -0.3 is 4.57 Å². The summed E-state index contributed by atoms with van der Waals surface area (Å²) >= 11 is 0. The Morgan fingerprint density at radius 2 is 2.06 bits per heavy atom. The molecule has 18 heavy (non-hydrogen) atoms. The van der Waals surface area contributed by atoms with E-state index in [1.54, 1.807) is 0 Å². The second-order valence-corrected chi connectivity index (χ2v) is 5.85. The van der Waals surface area contributed by atoms with Gasteiger partial charge in [-0.05, 0) is 45.1 Å². The third-order valence-electron chi connectivity index (χ3n) is 4.85. The third kappa shape index (κ3) is 2.33. The number of rotatable bonds is 3. The van der Waals surface area contributed by atoms with Crippen LogP contribution in [0.15, 0.2) is 12.4 Å². The standard InChI is InChI=1S/C15H25N3/c1-2-17-11-9-16-15(17)12-18-10-5-7-13-6-3-4-8-14(13)18/h9,11,13-14H,2-8,10,12H2,1H3/t13-,14+/m0/s1. The molecule has 1 aliphatic carbocycles. The number of piperidine rings is 1. The molecule has 2 heterocycles. The van der Waals surface area contributed by atoms with Gasteiger partial charge in [0.2, 0.25) is 0 Å². The van der Waals surface area contributed by atoms with Crippen molar-refractivity contribution in [1.82, 2.24) is 14.5 Å². The summed E-state index contributed by atoms with van der Waals surface area (Å²) in [5, 5.41) is 0. The Kier molecular flexibility index (Phi) is 3.69. The molecular weight excluding hydrogens is 222 g/mol. The van der Waals surface area contributed by atoms with Gasteiger partial charge in [-0.25, -0.2) is 4.98 Å². The first kappa shape index (κ1) is 12.2. The van der Waals surface area contributed by atoms with Gasteiger partial charge >= 0.3 is 0 Å². The average Bonchev–Trinajstić information content (AvgIpc) is 2.86. The van der Waals surface area contributed by atoms with Crippen LogP contribution < -0.4 is 0 Å². The minimum absolute atomic E-state index is 0.842. The fourth-order valence-corrected chi connectivity index (χ4v) is 3.89. The minimum Gasteiger partial charge on any atom is -0.334 e. The zero-order chi connectivity index (χ0) is 12.4. The van der Waals surface area contributed by atoms with E-state index in [1.807, 2.05) is 6.20 Å². The second kappa shape index (κ2) is 5.43. The molecule has 3 nitrogen and oxygen atoms in total. The summed E-state index contributed by atoms with van der Waals surface area (Å²) < 4.78 is 2.28. The molecule has 1 aliphatic heterocycles. The van der Waals surface area contributed by atoms with E-state index in [0.717, 1.165) is 25.0 Å². The number of fused-ring (bicyclic) bond motifs is 1. The van der Waals surface area contributed by atoms with E-state index in [9.17, 15) is 0 Å². The summed E-state index contributed by atoms with van der Waals surface area (Å²) in [6.07, 6.45) is 12.7. The lowest BCUT2D eigenvalue weighted by Crippen LogP contribution is -2.46. The van der Waals surface area contributed by atoms with Crippen molar-refractivity contribution in [3.8, 4) is 0 Å². The molecule has 0 spiro atoms. The van der Waals surface area contributed by atoms with Gasteiger partial charge in [-0.1, -0.05) is 12.8 Å². The van der Waals surface area contributed by atoms with E-state index in [0.29, 0.717) is 0 Å². The van der Waals surface area contributed by atoms with Crippen LogP contribution >= 0.6 is 0 Å². The highest BCUT2D eigenvalue weighted by molar-refractivity contribution is 4.95. The van der Waals surface area contributed by atoms with Crippen molar-refractivity contribution >= 4 is 0 Å². The molecule has 0 N–H and O–H groups in total. The number of aromatic nitrogens is 2. The third-order valence-corrected chi connectivity index (χ3v) is 4.85. The van der Waals surface area contributed by atoms with Crippen molar-refractivity contribution < 1.29 is 0 Å². The molecule has 2 fully saturated rings. The van der Waals surface area contributed by atoms with Gasteiger partial charge in [0.15, 0.2) is 0 Å². The lowest BCUT2D eigenvalue weighted by atomic mass is 9.78. The number of nitrogens with zero attached hydrogens (tertiary/aromatic N) is 3. The molecule has 0 amide bonds. The maximum atomic E-state index is 4.54. The summed E-state index contributed by atoms with van der Waals surface area (Å²) in [5.74, 6) is 2.22. The van der Waals surface area contributed by atoms with Gasteiger partial charge in [0.1, 0.15) is 5.82 Å². The summed E-state index contributed by atoms with van der Waals surface area (Å²) in [7, 11) is 0. The SMILES string of the molecule is CCn1ccnc1CN1CCC[C@@H]2CCCC[C@H]21. The van der Waals surface area contributed by atoms with Crippen molar-refractivity contribution in [3.63, 3.8) is 0 Å². The highest BCUT2D eigenvalue weighted by atomic mass is 15.2. The lowest BCUT2D eigenvalue weighted by Gasteiger charge is -2.44. The molecule has 1 aromatic heterocycles. The largest absolute Gasteiger partial charge is 0.334 e. The van der Waals surface area contributed by atoms with Crippen molar-refractivity contribution in [2.45, 2.75) is 64.6 Å². The van der Waals surface area contributed by atoms with Crippen LogP contribution in [-0.2, 0) is 13.1 Å². The van der Waals surface area contributed by atoms with E-state index in [-0.39, 0.29) is 0 Å². The fraction of sp³-hybridized carbons (Fsp3) is 0.800. The van der Waals surface area contributed by atoms with E-state index in [4.69, 9.17) is 0 Å². The summed E-state index contributed by atoms with van der Waals surface area (Å²) in [5.41, 5.74) is 0. The van der Waals surface area contributed by atoms with Crippen LogP contribution in [0.5, 0.6) is 0 Å². The minimum atomic E-state index is 0.842. The van der Waals surface area contributed by atoms with Gasteiger partial charge in [-0.2, -0.15) is 0 Å². The van der Waals surface area contributed by atoms with Gasteiger partial charge in [0, 0.05) is 25.0 Å².